The van der Waals surface area contributed by atoms with E-state index in [0.29, 0.717) is 6.04 Å². The van der Waals surface area contributed by atoms with Crippen LogP contribution >= 0.6 is 0 Å². The first-order valence-corrected chi connectivity index (χ1v) is 5.71. The monoisotopic (exact) mass is 207 g/mol. The van der Waals surface area contributed by atoms with Gasteiger partial charge in [0.15, 0.2) is 0 Å². The number of hydrogen-bond acceptors (Lipinski definition) is 3. The Morgan fingerprint density at radius 3 is 2.73 bits per heavy atom. The molecule has 1 fully saturated rings. The van der Waals surface area contributed by atoms with E-state index in [1.807, 2.05) is 6.21 Å². The van der Waals surface area contributed by atoms with Gasteiger partial charge in [-0.15, -0.1) is 0 Å². The maximum absolute atomic E-state index is 4.33. The molecule has 1 atom stereocenters. The largest absolute Gasteiger partial charge is 0.299 e. The van der Waals surface area contributed by atoms with E-state index in [-0.39, 0.29) is 5.54 Å². The maximum atomic E-state index is 4.33. The van der Waals surface area contributed by atoms with Crippen molar-refractivity contribution in [2.24, 2.45) is 4.99 Å². The Labute approximate surface area is 92.5 Å². The van der Waals surface area contributed by atoms with E-state index in [1.54, 1.807) is 0 Å². The molecule has 1 saturated heterocycles. The number of aliphatic imine (C=N–C) groups is 1. The molecule has 1 unspecified atom stereocenters. The van der Waals surface area contributed by atoms with E-state index in [2.05, 4.69) is 47.8 Å². The van der Waals surface area contributed by atoms with Crippen LogP contribution in [0.5, 0.6) is 0 Å². The topological polar surface area (TPSA) is 18.8 Å². The minimum absolute atomic E-state index is 0.285. The fraction of sp³-hybridized carbons (Fsp3) is 0.750. The Morgan fingerprint density at radius 1 is 1.33 bits per heavy atom. The number of rotatable bonds is 1. The molecule has 0 N–H and O–H groups in total. The van der Waals surface area contributed by atoms with Gasteiger partial charge in [0.25, 0.3) is 0 Å². The van der Waals surface area contributed by atoms with Gasteiger partial charge in [-0.1, -0.05) is 6.08 Å². The van der Waals surface area contributed by atoms with E-state index in [9.17, 15) is 0 Å². The summed E-state index contributed by atoms with van der Waals surface area (Å²) in [5, 5.41) is 0. The predicted octanol–water partition coefficient (Wildman–Crippen LogP) is 1.02. The van der Waals surface area contributed by atoms with Crippen LogP contribution in [0.3, 0.4) is 0 Å². The van der Waals surface area contributed by atoms with Crippen molar-refractivity contribution in [2.75, 3.05) is 33.2 Å². The van der Waals surface area contributed by atoms with Gasteiger partial charge in [0.1, 0.15) is 0 Å². The number of dihydropyridines is 1. The summed E-state index contributed by atoms with van der Waals surface area (Å²) in [4.78, 5) is 9.33. The zero-order valence-corrected chi connectivity index (χ0v) is 9.98. The lowest BCUT2D eigenvalue weighted by Crippen LogP contribution is -2.60. The summed E-state index contributed by atoms with van der Waals surface area (Å²) in [5.74, 6) is 0. The Kier molecular flexibility index (Phi) is 2.94. The van der Waals surface area contributed by atoms with Crippen LogP contribution in [0.1, 0.15) is 13.8 Å². The lowest BCUT2D eigenvalue weighted by atomic mass is 9.98. The summed E-state index contributed by atoms with van der Waals surface area (Å²) in [5.41, 5.74) is 0.285. The van der Waals surface area contributed by atoms with E-state index in [4.69, 9.17) is 0 Å². The van der Waals surface area contributed by atoms with Crippen LogP contribution in [0.4, 0.5) is 0 Å². The van der Waals surface area contributed by atoms with Crippen LogP contribution in [0.2, 0.25) is 0 Å². The molecule has 0 aliphatic carbocycles. The van der Waals surface area contributed by atoms with Crippen molar-refractivity contribution >= 4 is 6.21 Å². The molecule has 0 radical (unpaired) electrons. The van der Waals surface area contributed by atoms with Gasteiger partial charge < -0.3 is 0 Å². The van der Waals surface area contributed by atoms with Crippen molar-refractivity contribution in [3.05, 3.63) is 12.2 Å². The van der Waals surface area contributed by atoms with Crippen LogP contribution in [0.25, 0.3) is 0 Å². The number of allylic oxidation sites excluding steroid dienone is 1. The Morgan fingerprint density at radius 2 is 2.13 bits per heavy atom. The molecule has 0 aromatic carbocycles. The Bertz CT molecular complexity index is 281. The minimum atomic E-state index is 0.285. The van der Waals surface area contributed by atoms with E-state index < -0.39 is 0 Å². The highest BCUT2D eigenvalue weighted by Crippen LogP contribution is 2.21. The molecule has 2 aliphatic rings. The molecule has 84 valence electrons. The molecule has 0 aromatic rings. The normalized spacial score (nSPS) is 32.1. The number of piperazine rings is 1. The first-order valence-electron chi connectivity index (χ1n) is 5.71. The molecule has 0 amide bonds. The SMILES string of the molecule is CN1CCN(C2C=CC=NC2)CC1(C)C. The Hall–Kier alpha value is -0.670. The van der Waals surface area contributed by atoms with Gasteiger partial charge in [0.05, 0.1) is 6.54 Å². The Balaban J connectivity index is 2.00. The molecule has 0 spiro atoms. The second kappa shape index (κ2) is 4.06. The average Bonchev–Trinajstić information content (AvgIpc) is 2.23. The third-order valence-corrected chi connectivity index (χ3v) is 3.63. The fourth-order valence-corrected chi connectivity index (χ4v) is 2.27. The molecule has 2 heterocycles. The summed E-state index contributed by atoms with van der Waals surface area (Å²) in [6.07, 6.45) is 6.24. The zero-order valence-electron chi connectivity index (χ0n) is 9.98. The van der Waals surface area contributed by atoms with Crippen molar-refractivity contribution in [1.82, 2.24) is 9.80 Å². The molecule has 3 heteroatoms. The number of hydrogen-bond donors (Lipinski definition) is 0. The minimum Gasteiger partial charge on any atom is -0.299 e. The average molecular weight is 207 g/mol. The van der Waals surface area contributed by atoms with Crippen molar-refractivity contribution in [1.29, 1.82) is 0 Å². The third-order valence-electron chi connectivity index (χ3n) is 3.63. The first kappa shape index (κ1) is 10.8. The lowest BCUT2D eigenvalue weighted by molar-refractivity contribution is 0.0281. The van der Waals surface area contributed by atoms with E-state index in [0.717, 1.165) is 26.2 Å². The number of likely N-dealkylation sites (N-methyl/N-ethyl adjacent to an activating group) is 1. The van der Waals surface area contributed by atoms with Crippen LogP contribution in [0.15, 0.2) is 17.1 Å². The summed E-state index contributed by atoms with van der Waals surface area (Å²) in [7, 11) is 2.21. The maximum Gasteiger partial charge on any atom is 0.0581 e. The lowest BCUT2D eigenvalue weighted by Gasteiger charge is -2.47. The zero-order chi connectivity index (χ0) is 10.9. The second-order valence-corrected chi connectivity index (χ2v) is 5.17. The smallest absolute Gasteiger partial charge is 0.0581 e. The highest BCUT2D eigenvalue weighted by Gasteiger charge is 2.33. The van der Waals surface area contributed by atoms with E-state index in [1.165, 1.54) is 0 Å². The van der Waals surface area contributed by atoms with Crippen LogP contribution in [-0.2, 0) is 0 Å². The molecule has 0 aromatic heterocycles. The summed E-state index contributed by atoms with van der Waals surface area (Å²) in [6.45, 7) is 9.00. The molecule has 15 heavy (non-hydrogen) atoms. The van der Waals surface area contributed by atoms with Crippen molar-refractivity contribution in [3.63, 3.8) is 0 Å². The molecule has 0 bridgehead atoms. The molecular weight excluding hydrogens is 186 g/mol. The van der Waals surface area contributed by atoms with Gasteiger partial charge in [0, 0.05) is 37.4 Å². The van der Waals surface area contributed by atoms with Crippen molar-refractivity contribution < 1.29 is 0 Å². The van der Waals surface area contributed by atoms with Gasteiger partial charge in [-0.25, -0.2) is 0 Å². The van der Waals surface area contributed by atoms with Crippen LogP contribution in [0, 0.1) is 0 Å². The standard InChI is InChI=1S/C12H21N3/c1-12(2)10-15(8-7-14(12)3)11-5-4-6-13-9-11/h4-6,11H,7-10H2,1-3H3. The van der Waals surface area contributed by atoms with Crippen molar-refractivity contribution in [3.8, 4) is 0 Å². The quantitative estimate of drug-likeness (QED) is 0.639. The molecule has 2 rings (SSSR count). The predicted molar refractivity (Wildman–Crippen MR) is 64.6 cm³/mol. The second-order valence-electron chi connectivity index (χ2n) is 5.17. The first-order chi connectivity index (χ1) is 7.09. The van der Waals surface area contributed by atoms with Crippen LogP contribution < -0.4 is 0 Å². The van der Waals surface area contributed by atoms with Gasteiger partial charge in [-0.3, -0.25) is 14.8 Å². The third kappa shape index (κ3) is 2.29. The summed E-state index contributed by atoms with van der Waals surface area (Å²) in [6, 6.07) is 0.517. The van der Waals surface area contributed by atoms with Crippen LogP contribution in [-0.4, -0.2) is 60.8 Å². The van der Waals surface area contributed by atoms with Gasteiger partial charge in [-0.05, 0) is 27.0 Å². The van der Waals surface area contributed by atoms with Gasteiger partial charge >= 0.3 is 0 Å². The number of nitrogens with zero attached hydrogens (tertiary/aromatic N) is 3. The summed E-state index contributed by atoms with van der Waals surface area (Å²) < 4.78 is 0. The highest BCUT2D eigenvalue weighted by molar-refractivity contribution is 5.72. The van der Waals surface area contributed by atoms with Gasteiger partial charge in [0.2, 0.25) is 0 Å². The fourth-order valence-electron chi connectivity index (χ4n) is 2.27. The van der Waals surface area contributed by atoms with Crippen molar-refractivity contribution in [2.45, 2.75) is 25.4 Å². The highest BCUT2D eigenvalue weighted by atomic mass is 15.3. The molecular formula is C12H21N3. The van der Waals surface area contributed by atoms with E-state index >= 15 is 0 Å². The van der Waals surface area contributed by atoms with Gasteiger partial charge in [-0.2, -0.15) is 0 Å². The summed E-state index contributed by atoms with van der Waals surface area (Å²) >= 11 is 0. The molecule has 3 nitrogen and oxygen atoms in total. The molecule has 2 aliphatic heterocycles. The molecule has 0 saturated carbocycles.